The maximum absolute atomic E-state index is 12.3. The minimum absolute atomic E-state index is 0.0402. The van der Waals surface area contributed by atoms with Crippen molar-refractivity contribution in [1.29, 1.82) is 0 Å². The van der Waals surface area contributed by atoms with E-state index >= 15 is 0 Å². The van der Waals surface area contributed by atoms with E-state index in [4.69, 9.17) is 9.47 Å². The fourth-order valence-electron chi connectivity index (χ4n) is 3.12. The molecule has 2 rings (SSSR count). The van der Waals surface area contributed by atoms with Gasteiger partial charge in [0, 0.05) is 0 Å². The lowest BCUT2D eigenvalue weighted by Crippen LogP contribution is -2.55. The Hall–Kier alpha value is -1.30. The SMILES string of the molecule is CCOC(=O)C1C2CC(O)C(C2)N1C(=O)OC(C)(C)C. The van der Waals surface area contributed by atoms with Gasteiger partial charge in [0.05, 0.1) is 18.8 Å². The van der Waals surface area contributed by atoms with E-state index in [0.717, 1.165) is 0 Å². The van der Waals surface area contributed by atoms with Crippen molar-refractivity contribution in [3.05, 3.63) is 0 Å². The molecule has 4 unspecified atom stereocenters. The van der Waals surface area contributed by atoms with Crippen molar-refractivity contribution < 1.29 is 24.2 Å². The number of amides is 1. The van der Waals surface area contributed by atoms with Gasteiger partial charge in [0.1, 0.15) is 11.6 Å². The van der Waals surface area contributed by atoms with Crippen LogP contribution in [-0.2, 0) is 14.3 Å². The van der Waals surface area contributed by atoms with E-state index in [1.165, 1.54) is 4.90 Å². The molecule has 2 fully saturated rings. The third kappa shape index (κ3) is 2.75. The second-order valence-corrected chi connectivity index (χ2v) is 6.45. The molecule has 1 heterocycles. The molecule has 4 atom stereocenters. The summed E-state index contributed by atoms with van der Waals surface area (Å²) in [5.41, 5.74) is -0.636. The Labute approximate surface area is 119 Å². The lowest BCUT2D eigenvalue weighted by molar-refractivity contribution is -0.152. The third-order valence-electron chi connectivity index (χ3n) is 3.77. The molecular weight excluding hydrogens is 262 g/mol. The molecule has 20 heavy (non-hydrogen) atoms. The number of fused-ring (bicyclic) bond motifs is 2. The van der Waals surface area contributed by atoms with Crippen LogP contribution in [0.3, 0.4) is 0 Å². The monoisotopic (exact) mass is 285 g/mol. The van der Waals surface area contributed by atoms with E-state index in [-0.39, 0.29) is 18.6 Å². The van der Waals surface area contributed by atoms with E-state index in [0.29, 0.717) is 12.8 Å². The van der Waals surface area contributed by atoms with Crippen molar-refractivity contribution in [3.8, 4) is 0 Å². The van der Waals surface area contributed by atoms with Gasteiger partial charge in [-0.05, 0) is 46.5 Å². The minimum Gasteiger partial charge on any atom is -0.464 e. The van der Waals surface area contributed by atoms with Gasteiger partial charge in [-0.15, -0.1) is 0 Å². The summed E-state index contributed by atoms with van der Waals surface area (Å²) in [5.74, 6) is -0.445. The molecule has 2 bridgehead atoms. The summed E-state index contributed by atoms with van der Waals surface area (Å²) < 4.78 is 10.4. The molecule has 1 aliphatic heterocycles. The molecule has 0 aromatic rings. The zero-order chi connectivity index (χ0) is 15.1. The Balaban J connectivity index is 2.18. The van der Waals surface area contributed by atoms with Gasteiger partial charge in [-0.25, -0.2) is 9.59 Å². The molecule has 1 aliphatic carbocycles. The number of likely N-dealkylation sites (tertiary alicyclic amines) is 1. The molecule has 1 saturated carbocycles. The molecule has 1 saturated heterocycles. The molecule has 1 N–H and O–H groups in total. The minimum atomic E-state index is -0.636. The third-order valence-corrected chi connectivity index (χ3v) is 3.77. The van der Waals surface area contributed by atoms with Gasteiger partial charge in [0.2, 0.25) is 0 Å². The summed E-state index contributed by atoms with van der Waals surface area (Å²) >= 11 is 0. The Morgan fingerprint density at radius 1 is 1.30 bits per heavy atom. The summed E-state index contributed by atoms with van der Waals surface area (Å²) in [4.78, 5) is 25.7. The molecular formula is C14H23NO5. The molecule has 0 aromatic carbocycles. The number of carbonyl (C=O) groups is 2. The van der Waals surface area contributed by atoms with E-state index in [1.807, 2.05) is 0 Å². The average Bonchev–Trinajstić information content (AvgIpc) is 2.82. The maximum Gasteiger partial charge on any atom is 0.411 e. The Morgan fingerprint density at radius 2 is 1.95 bits per heavy atom. The predicted molar refractivity (Wildman–Crippen MR) is 71.0 cm³/mol. The number of rotatable bonds is 2. The Kier molecular flexibility index (Phi) is 3.95. The van der Waals surface area contributed by atoms with Crippen LogP contribution in [0.2, 0.25) is 0 Å². The summed E-state index contributed by atoms with van der Waals surface area (Å²) in [5, 5.41) is 9.96. The molecule has 1 amide bonds. The second kappa shape index (κ2) is 5.24. The number of ether oxygens (including phenoxy) is 2. The number of hydrogen-bond donors (Lipinski definition) is 1. The van der Waals surface area contributed by atoms with Crippen molar-refractivity contribution in [2.75, 3.05) is 6.61 Å². The summed E-state index contributed by atoms with van der Waals surface area (Å²) in [6, 6.07) is -0.970. The molecule has 6 heteroatoms. The predicted octanol–water partition coefficient (Wildman–Crippen LogP) is 1.31. The number of piperidine rings is 1. The van der Waals surface area contributed by atoms with Crippen LogP contribution in [0.1, 0.15) is 40.5 Å². The van der Waals surface area contributed by atoms with Crippen LogP contribution in [0.5, 0.6) is 0 Å². The number of carbonyl (C=O) groups excluding carboxylic acids is 2. The highest BCUT2D eigenvalue weighted by molar-refractivity contribution is 5.83. The van der Waals surface area contributed by atoms with Crippen molar-refractivity contribution >= 4 is 12.1 Å². The molecule has 0 aromatic heterocycles. The first-order valence-corrected chi connectivity index (χ1v) is 7.10. The highest BCUT2D eigenvalue weighted by Gasteiger charge is 2.57. The van der Waals surface area contributed by atoms with Crippen LogP contribution < -0.4 is 0 Å². The van der Waals surface area contributed by atoms with Crippen LogP contribution in [-0.4, -0.2) is 52.5 Å². The van der Waals surface area contributed by atoms with Crippen LogP contribution in [0.4, 0.5) is 4.79 Å². The van der Waals surface area contributed by atoms with Gasteiger partial charge in [0.15, 0.2) is 0 Å². The fourth-order valence-corrected chi connectivity index (χ4v) is 3.12. The van der Waals surface area contributed by atoms with Crippen molar-refractivity contribution in [1.82, 2.24) is 4.90 Å². The smallest absolute Gasteiger partial charge is 0.411 e. The average molecular weight is 285 g/mol. The molecule has 6 nitrogen and oxygen atoms in total. The van der Waals surface area contributed by atoms with E-state index in [9.17, 15) is 14.7 Å². The molecule has 0 radical (unpaired) electrons. The first kappa shape index (κ1) is 15.1. The number of aliphatic hydroxyl groups is 1. The topological polar surface area (TPSA) is 76.1 Å². The molecule has 2 aliphatic rings. The zero-order valence-electron chi connectivity index (χ0n) is 12.5. The van der Waals surface area contributed by atoms with Crippen molar-refractivity contribution in [3.63, 3.8) is 0 Å². The largest absolute Gasteiger partial charge is 0.464 e. The van der Waals surface area contributed by atoms with Crippen LogP contribution in [0.25, 0.3) is 0 Å². The van der Waals surface area contributed by atoms with Gasteiger partial charge in [0.25, 0.3) is 0 Å². The van der Waals surface area contributed by atoms with E-state index in [2.05, 4.69) is 0 Å². The number of esters is 1. The van der Waals surface area contributed by atoms with Crippen molar-refractivity contribution in [2.24, 2.45) is 5.92 Å². The highest BCUT2D eigenvalue weighted by atomic mass is 16.6. The maximum atomic E-state index is 12.3. The van der Waals surface area contributed by atoms with Gasteiger partial charge >= 0.3 is 12.1 Å². The van der Waals surface area contributed by atoms with E-state index < -0.39 is 29.8 Å². The standard InChI is InChI=1S/C14H23NO5/c1-5-19-12(17)11-8-6-9(10(16)7-8)15(11)13(18)20-14(2,3)4/h8-11,16H,5-7H2,1-4H3. The number of aliphatic hydroxyl groups excluding tert-OH is 1. The summed E-state index contributed by atoms with van der Waals surface area (Å²) in [7, 11) is 0. The fraction of sp³-hybridized carbons (Fsp3) is 0.857. The molecule has 0 spiro atoms. The van der Waals surface area contributed by atoms with Crippen molar-refractivity contribution in [2.45, 2.75) is 64.3 Å². The normalized spacial score (nSPS) is 32.4. The lowest BCUT2D eigenvalue weighted by atomic mass is 9.98. The highest BCUT2D eigenvalue weighted by Crippen LogP contribution is 2.43. The van der Waals surface area contributed by atoms with E-state index in [1.54, 1.807) is 27.7 Å². The Morgan fingerprint density at radius 3 is 2.50 bits per heavy atom. The number of nitrogens with zero attached hydrogens (tertiary/aromatic N) is 1. The Bertz CT molecular complexity index is 403. The number of hydrogen-bond acceptors (Lipinski definition) is 5. The van der Waals surface area contributed by atoms with Gasteiger partial charge in [-0.1, -0.05) is 0 Å². The van der Waals surface area contributed by atoms with Crippen LogP contribution in [0.15, 0.2) is 0 Å². The van der Waals surface area contributed by atoms with Gasteiger partial charge < -0.3 is 14.6 Å². The summed E-state index contributed by atoms with van der Waals surface area (Å²) in [6.07, 6.45) is 0.0251. The van der Waals surface area contributed by atoms with Gasteiger partial charge in [-0.3, -0.25) is 4.90 Å². The lowest BCUT2D eigenvalue weighted by Gasteiger charge is -2.37. The van der Waals surface area contributed by atoms with Crippen LogP contribution >= 0.6 is 0 Å². The molecule has 114 valence electrons. The van der Waals surface area contributed by atoms with Gasteiger partial charge in [-0.2, -0.15) is 0 Å². The first-order valence-electron chi connectivity index (χ1n) is 7.10. The van der Waals surface area contributed by atoms with Crippen LogP contribution in [0, 0.1) is 5.92 Å². The quantitative estimate of drug-likeness (QED) is 0.774. The zero-order valence-corrected chi connectivity index (χ0v) is 12.5. The second-order valence-electron chi connectivity index (χ2n) is 6.45. The first-order chi connectivity index (χ1) is 9.24. The summed E-state index contributed by atoms with van der Waals surface area (Å²) in [6.45, 7) is 7.33.